The first-order valence-corrected chi connectivity index (χ1v) is 7.04. The molecule has 1 heterocycles. The zero-order chi connectivity index (χ0) is 14.9. The highest BCUT2D eigenvalue weighted by atomic mass is 16.3. The highest BCUT2D eigenvalue weighted by Crippen LogP contribution is 2.28. The summed E-state index contributed by atoms with van der Waals surface area (Å²) in [6, 6.07) is 5.57. The number of nitrogens with zero attached hydrogens (tertiary/aromatic N) is 2. The maximum Gasteiger partial charge on any atom is 0.115 e. The molecule has 2 aromatic rings. The molecule has 0 aliphatic carbocycles. The zero-order valence-corrected chi connectivity index (χ0v) is 12.9. The third-order valence-corrected chi connectivity index (χ3v) is 3.75. The minimum atomic E-state index is 0.179. The van der Waals surface area contributed by atoms with Gasteiger partial charge in [0, 0.05) is 23.5 Å². The first kappa shape index (κ1) is 14.4. The fourth-order valence-electron chi connectivity index (χ4n) is 2.76. The first-order valence-electron chi connectivity index (χ1n) is 7.04. The molecule has 4 heteroatoms. The van der Waals surface area contributed by atoms with Crippen LogP contribution in [0.2, 0.25) is 0 Å². The molecule has 0 fully saturated rings. The molecule has 4 nitrogen and oxygen atoms in total. The summed E-state index contributed by atoms with van der Waals surface area (Å²) in [6.07, 6.45) is 0. The largest absolute Gasteiger partial charge is 0.508 e. The van der Waals surface area contributed by atoms with E-state index in [9.17, 15) is 5.11 Å². The average molecular weight is 273 g/mol. The third-order valence-electron chi connectivity index (χ3n) is 3.75. The van der Waals surface area contributed by atoms with Crippen LogP contribution in [-0.2, 0) is 6.54 Å². The first-order chi connectivity index (χ1) is 9.43. The van der Waals surface area contributed by atoms with E-state index >= 15 is 0 Å². The van der Waals surface area contributed by atoms with Crippen LogP contribution in [0.25, 0.3) is 0 Å². The van der Waals surface area contributed by atoms with Gasteiger partial charge in [0.15, 0.2) is 0 Å². The Bertz CT molecular complexity index is 616. The standard InChI is InChI=1S/C16H23N3O/c1-6-19-13(5)16(12(4)18-19)11(3)17-15-8-7-14(20)9-10(15)2/h7-9,11,17,20H,6H2,1-5H3. The van der Waals surface area contributed by atoms with Crippen LogP contribution in [0.15, 0.2) is 18.2 Å². The van der Waals surface area contributed by atoms with Gasteiger partial charge in [-0.1, -0.05) is 0 Å². The number of rotatable bonds is 4. The molecule has 0 spiro atoms. The summed E-state index contributed by atoms with van der Waals surface area (Å²) in [7, 11) is 0. The summed E-state index contributed by atoms with van der Waals surface area (Å²) in [5.41, 5.74) is 5.61. The molecular weight excluding hydrogens is 250 g/mol. The van der Waals surface area contributed by atoms with Crippen LogP contribution in [0.5, 0.6) is 5.75 Å². The molecule has 20 heavy (non-hydrogen) atoms. The van der Waals surface area contributed by atoms with E-state index in [4.69, 9.17) is 0 Å². The van der Waals surface area contributed by atoms with Crippen molar-refractivity contribution < 1.29 is 5.11 Å². The van der Waals surface area contributed by atoms with Crippen molar-refractivity contribution in [2.24, 2.45) is 0 Å². The topological polar surface area (TPSA) is 50.1 Å². The number of aromatic hydroxyl groups is 1. The van der Waals surface area contributed by atoms with E-state index < -0.39 is 0 Å². The van der Waals surface area contributed by atoms with E-state index in [1.165, 1.54) is 11.3 Å². The molecule has 0 radical (unpaired) electrons. The molecule has 0 saturated carbocycles. The van der Waals surface area contributed by atoms with Crippen LogP contribution in [-0.4, -0.2) is 14.9 Å². The third kappa shape index (κ3) is 2.64. The normalized spacial score (nSPS) is 12.4. The lowest BCUT2D eigenvalue weighted by Crippen LogP contribution is -2.10. The number of benzene rings is 1. The van der Waals surface area contributed by atoms with E-state index in [0.717, 1.165) is 23.5 Å². The Labute approximate surface area is 120 Å². The predicted octanol–water partition coefficient (Wildman–Crippen LogP) is 3.71. The molecular formula is C16H23N3O. The number of nitrogens with one attached hydrogen (secondary N) is 1. The number of phenolic OH excluding ortho intramolecular Hbond substituents is 1. The number of anilines is 1. The molecule has 2 N–H and O–H groups in total. The van der Waals surface area contributed by atoms with Gasteiger partial charge in [-0.05, 0) is 58.4 Å². The molecule has 0 aliphatic rings. The summed E-state index contributed by atoms with van der Waals surface area (Å²) < 4.78 is 2.03. The van der Waals surface area contributed by atoms with Crippen molar-refractivity contribution in [3.63, 3.8) is 0 Å². The average Bonchev–Trinajstić information content (AvgIpc) is 2.67. The van der Waals surface area contributed by atoms with Crippen LogP contribution in [0.1, 0.15) is 42.4 Å². The van der Waals surface area contributed by atoms with Crippen molar-refractivity contribution in [2.75, 3.05) is 5.32 Å². The van der Waals surface area contributed by atoms with Crippen molar-refractivity contribution in [3.8, 4) is 5.75 Å². The summed E-state index contributed by atoms with van der Waals surface area (Å²) >= 11 is 0. The van der Waals surface area contributed by atoms with E-state index in [1.807, 2.05) is 17.7 Å². The highest BCUT2D eigenvalue weighted by molar-refractivity contribution is 5.55. The van der Waals surface area contributed by atoms with Crippen LogP contribution in [0.3, 0.4) is 0 Å². The fourth-order valence-corrected chi connectivity index (χ4v) is 2.76. The second kappa shape index (κ2) is 5.57. The van der Waals surface area contributed by atoms with Gasteiger partial charge in [-0.15, -0.1) is 0 Å². The molecule has 0 amide bonds. The molecule has 108 valence electrons. The minimum absolute atomic E-state index is 0.179. The van der Waals surface area contributed by atoms with Crippen molar-refractivity contribution >= 4 is 5.69 Å². The predicted molar refractivity (Wildman–Crippen MR) is 82.3 cm³/mol. The summed E-state index contributed by atoms with van der Waals surface area (Å²) in [6.45, 7) is 11.3. The van der Waals surface area contributed by atoms with E-state index in [2.05, 4.69) is 38.1 Å². The number of hydrogen-bond acceptors (Lipinski definition) is 3. The minimum Gasteiger partial charge on any atom is -0.508 e. The SMILES string of the molecule is CCn1nc(C)c(C(C)Nc2ccc(O)cc2C)c1C. The monoisotopic (exact) mass is 273 g/mol. The molecule has 1 aromatic heterocycles. The Hall–Kier alpha value is -1.97. The Morgan fingerprint density at radius 3 is 2.55 bits per heavy atom. The van der Waals surface area contributed by atoms with Gasteiger partial charge in [0.25, 0.3) is 0 Å². The molecule has 1 unspecified atom stereocenters. The summed E-state index contributed by atoms with van der Waals surface area (Å²) in [5.74, 6) is 0.298. The van der Waals surface area contributed by atoms with Crippen molar-refractivity contribution in [1.29, 1.82) is 0 Å². The Kier molecular flexibility index (Phi) is 4.02. The fraction of sp³-hybridized carbons (Fsp3) is 0.438. The Morgan fingerprint density at radius 2 is 2.00 bits per heavy atom. The van der Waals surface area contributed by atoms with Crippen LogP contribution in [0.4, 0.5) is 5.69 Å². The number of hydrogen-bond donors (Lipinski definition) is 2. The molecule has 0 bridgehead atoms. The van der Waals surface area contributed by atoms with Crippen molar-refractivity contribution in [3.05, 3.63) is 40.7 Å². The van der Waals surface area contributed by atoms with E-state index in [0.29, 0.717) is 5.75 Å². The van der Waals surface area contributed by atoms with Crippen LogP contribution >= 0.6 is 0 Å². The summed E-state index contributed by atoms with van der Waals surface area (Å²) in [5, 5.41) is 17.5. The second-order valence-electron chi connectivity index (χ2n) is 5.27. The van der Waals surface area contributed by atoms with Crippen LogP contribution < -0.4 is 5.32 Å². The summed E-state index contributed by atoms with van der Waals surface area (Å²) in [4.78, 5) is 0. The lowest BCUT2D eigenvalue weighted by atomic mass is 10.1. The van der Waals surface area contributed by atoms with Gasteiger partial charge >= 0.3 is 0 Å². The Balaban J connectivity index is 2.28. The molecule has 1 aromatic carbocycles. The maximum atomic E-state index is 9.47. The number of phenols is 1. The van der Waals surface area contributed by atoms with Crippen molar-refractivity contribution in [1.82, 2.24) is 9.78 Å². The van der Waals surface area contributed by atoms with Gasteiger partial charge in [0.05, 0.1) is 11.7 Å². The van der Waals surface area contributed by atoms with Gasteiger partial charge in [-0.3, -0.25) is 4.68 Å². The maximum absolute atomic E-state index is 9.47. The lowest BCUT2D eigenvalue weighted by molar-refractivity contribution is 0.475. The van der Waals surface area contributed by atoms with Gasteiger partial charge in [0.1, 0.15) is 5.75 Å². The number of aromatic nitrogens is 2. The van der Waals surface area contributed by atoms with Crippen molar-refractivity contribution in [2.45, 2.75) is 47.2 Å². The van der Waals surface area contributed by atoms with Crippen LogP contribution in [0, 0.1) is 20.8 Å². The Morgan fingerprint density at radius 1 is 1.30 bits per heavy atom. The smallest absolute Gasteiger partial charge is 0.115 e. The molecule has 0 aliphatic heterocycles. The van der Waals surface area contributed by atoms with Gasteiger partial charge in [-0.2, -0.15) is 5.10 Å². The number of aryl methyl sites for hydroxylation is 3. The quantitative estimate of drug-likeness (QED) is 0.835. The molecule has 1 atom stereocenters. The molecule has 2 rings (SSSR count). The van der Waals surface area contributed by atoms with Gasteiger partial charge in [-0.25, -0.2) is 0 Å². The van der Waals surface area contributed by atoms with E-state index in [-0.39, 0.29) is 6.04 Å². The zero-order valence-electron chi connectivity index (χ0n) is 12.9. The van der Waals surface area contributed by atoms with Gasteiger partial charge in [0.2, 0.25) is 0 Å². The molecule has 0 saturated heterocycles. The second-order valence-corrected chi connectivity index (χ2v) is 5.27. The lowest BCUT2D eigenvalue weighted by Gasteiger charge is -2.18. The van der Waals surface area contributed by atoms with Gasteiger partial charge < -0.3 is 10.4 Å². The van der Waals surface area contributed by atoms with E-state index in [1.54, 1.807) is 12.1 Å². The highest BCUT2D eigenvalue weighted by Gasteiger charge is 2.17.